The molecule has 168 valence electrons. The van der Waals surface area contributed by atoms with E-state index >= 15 is 0 Å². The highest BCUT2D eigenvalue weighted by Gasteiger charge is 2.32. The number of halogens is 2. The molecule has 0 bridgehead atoms. The van der Waals surface area contributed by atoms with Crippen molar-refractivity contribution in [2.45, 2.75) is 73.6 Å². The molecule has 1 aromatic carbocycles. The van der Waals surface area contributed by atoms with Gasteiger partial charge in [0.1, 0.15) is 0 Å². The van der Waals surface area contributed by atoms with Crippen molar-refractivity contribution < 1.29 is 8.78 Å². The van der Waals surface area contributed by atoms with E-state index in [1.807, 2.05) is 0 Å². The van der Waals surface area contributed by atoms with E-state index in [9.17, 15) is 8.78 Å². The third-order valence-electron chi connectivity index (χ3n) is 6.51. The number of hydrogen-bond donors (Lipinski definition) is 1. The van der Waals surface area contributed by atoms with Crippen LogP contribution in [-0.2, 0) is 12.8 Å². The van der Waals surface area contributed by atoms with Crippen LogP contribution < -0.4 is 5.32 Å². The van der Waals surface area contributed by atoms with Gasteiger partial charge in [0.2, 0.25) is 0 Å². The van der Waals surface area contributed by atoms with Gasteiger partial charge in [0, 0.05) is 23.7 Å². The fraction of sp³-hybridized carbons (Fsp3) is 0.615. The lowest BCUT2D eigenvalue weighted by Gasteiger charge is -2.39. The monoisotopic (exact) mass is 418 g/mol. The Kier molecular flexibility index (Phi) is 8.66. The minimum atomic E-state index is -0.708. The van der Waals surface area contributed by atoms with Gasteiger partial charge in [-0.25, -0.2) is 8.78 Å². The van der Waals surface area contributed by atoms with Gasteiger partial charge in [-0.1, -0.05) is 66.7 Å². The summed E-state index contributed by atoms with van der Waals surface area (Å²) in [7, 11) is 0. The molecule has 0 amide bonds. The summed E-state index contributed by atoms with van der Waals surface area (Å²) in [6.45, 7) is 20.1. The number of aryl methyl sites for hydroxylation is 1. The lowest BCUT2D eigenvalue weighted by molar-refractivity contribution is 0.279. The average molecular weight is 419 g/mol. The van der Waals surface area contributed by atoms with Gasteiger partial charge in [-0.3, -0.25) is 0 Å². The number of allylic oxidation sites excluding steroid dienone is 2. The van der Waals surface area contributed by atoms with Crippen molar-refractivity contribution in [1.29, 1.82) is 0 Å². The minimum Gasteiger partial charge on any atom is -0.359 e. The van der Waals surface area contributed by atoms with Crippen molar-refractivity contribution >= 4 is 0 Å². The maximum Gasteiger partial charge on any atom is 0.162 e. The average Bonchev–Trinajstić information content (AvgIpc) is 2.69. The van der Waals surface area contributed by atoms with E-state index in [1.165, 1.54) is 12.8 Å². The van der Waals surface area contributed by atoms with Crippen LogP contribution in [0.25, 0.3) is 0 Å². The summed E-state index contributed by atoms with van der Waals surface area (Å²) in [4.78, 5) is 2.38. The Hall–Kier alpha value is -1.68. The van der Waals surface area contributed by atoms with Gasteiger partial charge in [0.25, 0.3) is 0 Å². The largest absolute Gasteiger partial charge is 0.359 e. The van der Waals surface area contributed by atoms with Gasteiger partial charge in [-0.2, -0.15) is 0 Å². The zero-order valence-corrected chi connectivity index (χ0v) is 19.8. The van der Waals surface area contributed by atoms with E-state index in [1.54, 1.807) is 12.1 Å². The van der Waals surface area contributed by atoms with E-state index < -0.39 is 11.6 Å². The third-order valence-corrected chi connectivity index (χ3v) is 6.51. The van der Waals surface area contributed by atoms with Crippen molar-refractivity contribution in [2.75, 3.05) is 19.6 Å². The van der Waals surface area contributed by atoms with Gasteiger partial charge in [-0.15, -0.1) is 0 Å². The maximum atomic E-state index is 14.8. The lowest BCUT2D eigenvalue weighted by atomic mass is 9.75. The first-order chi connectivity index (χ1) is 14.1. The molecule has 0 radical (unpaired) electrons. The van der Waals surface area contributed by atoms with Crippen molar-refractivity contribution in [1.82, 2.24) is 10.2 Å². The number of nitrogens with one attached hydrogen (secondary N) is 1. The fourth-order valence-electron chi connectivity index (χ4n) is 3.87. The van der Waals surface area contributed by atoms with Crippen molar-refractivity contribution in [3.63, 3.8) is 0 Å². The lowest BCUT2D eigenvalue weighted by Crippen LogP contribution is -2.37. The summed E-state index contributed by atoms with van der Waals surface area (Å²) in [5.41, 5.74) is 3.90. The molecular weight excluding hydrogens is 378 g/mol. The van der Waals surface area contributed by atoms with Crippen molar-refractivity contribution in [3.05, 3.63) is 58.4 Å². The van der Waals surface area contributed by atoms with Crippen molar-refractivity contribution in [2.24, 2.45) is 11.3 Å². The maximum absolute atomic E-state index is 14.8. The molecule has 1 aliphatic rings. The molecule has 1 heterocycles. The smallest absolute Gasteiger partial charge is 0.162 e. The van der Waals surface area contributed by atoms with E-state index in [4.69, 9.17) is 0 Å². The van der Waals surface area contributed by atoms with Crippen LogP contribution in [0.3, 0.4) is 0 Å². The summed E-state index contributed by atoms with van der Waals surface area (Å²) in [6, 6.07) is 3.51. The Morgan fingerprint density at radius 1 is 1.03 bits per heavy atom. The van der Waals surface area contributed by atoms with Gasteiger partial charge >= 0.3 is 0 Å². The summed E-state index contributed by atoms with van der Waals surface area (Å²) >= 11 is 0. The molecule has 0 spiro atoms. The second-order valence-electron chi connectivity index (χ2n) is 9.66. The molecule has 1 unspecified atom stereocenters. The standard InChI is InChI=1S/C26H40F2N2/c1-8-10-15-30(9-2)16-11-12-20-13-14-21(24(28)23(20)27)17-22-19(4)29-25(22)18(3)26(5,6)7/h13-14,18,29H,4,8-12,15-17H2,1-3,5-7H3. The molecular formula is C26H40F2N2. The zero-order chi connectivity index (χ0) is 22.5. The normalized spacial score (nSPS) is 15.4. The molecule has 0 saturated carbocycles. The predicted octanol–water partition coefficient (Wildman–Crippen LogP) is 6.62. The van der Waals surface area contributed by atoms with Crippen LogP contribution in [-0.4, -0.2) is 24.5 Å². The minimum absolute atomic E-state index is 0.0887. The molecule has 2 nitrogen and oxygen atoms in total. The van der Waals surface area contributed by atoms with Crippen molar-refractivity contribution in [3.8, 4) is 0 Å². The Bertz CT molecular complexity index is 774. The second kappa shape index (κ2) is 10.6. The first-order valence-corrected chi connectivity index (χ1v) is 11.5. The van der Waals surface area contributed by atoms with Crippen LogP contribution in [0.1, 0.15) is 71.9 Å². The summed E-state index contributed by atoms with van der Waals surface area (Å²) < 4.78 is 29.6. The van der Waals surface area contributed by atoms with Crippen LogP contribution in [0.5, 0.6) is 0 Å². The van der Waals surface area contributed by atoms with E-state index in [-0.39, 0.29) is 5.41 Å². The molecule has 1 aromatic rings. The van der Waals surface area contributed by atoms with Gasteiger partial charge < -0.3 is 10.2 Å². The first-order valence-electron chi connectivity index (χ1n) is 11.5. The third kappa shape index (κ3) is 5.94. The van der Waals surface area contributed by atoms with Crippen LogP contribution in [0.2, 0.25) is 0 Å². The predicted molar refractivity (Wildman–Crippen MR) is 123 cm³/mol. The summed E-state index contributed by atoms with van der Waals surface area (Å²) in [5, 5.41) is 3.29. The van der Waals surface area contributed by atoms with Crippen LogP contribution in [0, 0.1) is 23.0 Å². The Morgan fingerprint density at radius 3 is 2.20 bits per heavy atom. The van der Waals surface area contributed by atoms with Crippen LogP contribution in [0.4, 0.5) is 8.78 Å². The fourth-order valence-corrected chi connectivity index (χ4v) is 3.87. The number of unbranched alkanes of at least 4 members (excludes halogenated alkanes) is 1. The topological polar surface area (TPSA) is 15.3 Å². The van der Waals surface area contributed by atoms with Gasteiger partial charge in [0.05, 0.1) is 0 Å². The molecule has 0 saturated heterocycles. The molecule has 4 heteroatoms. The highest BCUT2D eigenvalue weighted by atomic mass is 19.2. The molecule has 0 aliphatic carbocycles. The number of benzene rings is 1. The number of nitrogens with zero attached hydrogens (tertiary/aromatic N) is 1. The molecule has 0 aromatic heterocycles. The summed E-state index contributed by atoms with van der Waals surface area (Å²) in [6.07, 6.45) is 4.14. The van der Waals surface area contributed by atoms with E-state index in [0.29, 0.717) is 29.9 Å². The molecule has 1 aliphatic heterocycles. The highest BCUT2D eigenvalue weighted by Crippen LogP contribution is 2.39. The molecule has 1 N–H and O–H groups in total. The number of rotatable bonds is 11. The van der Waals surface area contributed by atoms with E-state index in [2.05, 4.69) is 58.3 Å². The first kappa shape index (κ1) is 24.6. The van der Waals surface area contributed by atoms with Gasteiger partial charge in [-0.05, 0) is 61.0 Å². The Morgan fingerprint density at radius 2 is 1.63 bits per heavy atom. The second-order valence-corrected chi connectivity index (χ2v) is 9.66. The summed E-state index contributed by atoms with van der Waals surface area (Å²) in [5.74, 6) is -1.10. The SMILES string of the molecule is C=C1NC(C(C)C(C)(C)C)=C1Cc1ccc(CCCN(CC)CCCC)c(F)c1F. The van der Waals surface area contributed by atoms with Gasteiger partial charge in [0.15, 0.2) is 11.6 Å². The Balaban J connectivity index is 2.07. The zero-order valence-electron chi connectivity index (χ0n) is 19.8. The molecule has 30 heavy (non-hydrogen) atoms. The van der Waals surface area contributed by atoms with Crippen LogP contribution >= 0.6 is 0 Å². The highest BCUT2D eigenvalue weighted by molar-refractivity contribution is 5.48. The molecule has 2 rings (SSSR count). The molecule has 1 atom stereocenters. The van der Waals surface area contributed by atoms with E-state index in [0.717, 1.165) is 43.0 Å². The molecule has 0 fully saturated rings. The Labute approximate surface area is 182 Å². The van der Waals surface area contributed by atoms with Crippen LogP contribution in [0.15, 0.2) is 35.7 Å². The number of hydrogen-bond acceptors (Lipinski definition) is 2. The quantitative estimate of drug-likeness (QED) is 0.435.